The lowest BCUT2D eigenvalue weighted by molar-refractivity contribution is 0.102. The van der Waals surface area contributed by atoms with E-state index in [-0.39, 0.29) is 21.9 Å². The van der Waals surface area contributed by atoms with E-state index in [1.54, 1.807) is 14.0 Å². The van der Waals surface area contributed by atoms with Crippen LogP contribution < -0.4 is 10.1 Å². The van der Waals surface area contributed by atoms with Crippen molar-refractivity contribution in [3.8, 4) is 11.8 Å². The molecule has 1 aliphatic rings. The van der Waals surface area contributed by atoms with E-state index in [1.807, 2.05) is 14.0 Å². The highest BCUT2D eigenvalue weighted by molar-refractivity contribution is 7.89. The smallest absolute Gasteiger partial charge is 0.259 e. The fourth-order valence-electron chi connectivity index (χ4n) is 3.74. The summed E-state index contributed by atoms with van der Waals surface area (Å²) in [6, 6.07) is 6.38. The number of nitrogens with one attached hydrogen (secondary N) is 1. The summed E-state index contributed by atoms with van der Waals surface area (Å²) in [4.78, 5) is 15.4. The van der Waals surface area contributed by atoms with Gasteiger partial charge in [0.1, 0.15) is 17.5 Å². The van der Waals surface area contributed by atoms with Crippen molar-refractivity contribution in [3.63, 3.8) is 0 Å². The second-order valence-corrected chi connectivity index (χ2v) is 9.85. The van der Waals surface area contributed by atoms with Gasteiger partial charge in [-0.05, 0) is 38.6 Å². The number of hydrogen-bond donors (Lipinski definition) is 1. The van der Waals surface area contributed by atoms with Crippen molar-refractivity contribution in [3.05, 3.63) is 35.2 Å². The van der Waals surface area contributed by atoms with Gasteiger partial charge >= 0.3 is 0 Å². The predicted octanol–water partition coefficient (Wildman–Crippen LogP) is 1.83. The van der Waals surface area contributed by atoms with Gasteiger partial charge in [-0.2, -0.15) is 14.7 Å². The van der Waals surface area contributed by atoms with Crippen molar-refractivity contribution in [2.24, 2.45) is 7.05 Å². The Morgan fingerprint density at radius 1 is 1.21 bits per heavy atom. The number of carbonyl (C=O) groups is 1. The molecule has 2 aromatic rings. The first-order valence-corrected chi connectivity index (χ1v) is 12.4. The molecule has 1 amide bonds. The molecule has 0 unspecified atom stereocenters. The number of sulfonamides is 1. The van der Waals surface area contributed by atoms with Crippen LogP contribution in [0.2, 0.25) is 0 Å². The van der Waals surface area contributed by atoms with Crippen LogP contribution in [0.1, 0.15) is 42.0 Å². The van der Waals surface area contributed by atoms with Crippen LogP contribution in [-0.4, -0.2) is 73.1 Å². The van der Waals surface area contributed by atoms with Crippen LogP contribution >= 0.6 is 0 Å². The maximum atomic E-state index is 13.3. The van der Waals surface area contributed by atoms with Gasteiger partial charge in [0.05, 0.1) is 22.8 Å². The second kappa shape index (κ2) is 10.3. The molecular weight excluding hydrogens is 444 g/mol. The predicted molar refractivity (Wildman–Crippen MR) is 124 cm³/mol. The molecule has 1 aromatic carbocycles. The van der Waals surface area contributed by atoms with E-state index in [0.717, 1.165) is 6.42 Å². The van der Waals surface area contributed by atoms with Gasteiger partial charge < -0.3 is 15.0 Å². The third-order valence-corrected chi connectivity index (χ3v) is 7.44. The normalized spacial score (nSPS) is 15.2. The molecule has 10 nitrogen and oxygen atoms in total. The molecule has 178 valence electrons. The minimum Gasteiger partial charge on any atom is -0.493 e. The average molecular weight is 475 g/mol. The van der Waals surface area contributed by atoms with Crippen LogP contribution in [0, 0.1) is 11.3 Å². The number of anilines is 1. The summed E-state index contributed by atoms with van der Waals surface area (Å²) in [7, 11) is -0.180. The molecule has 0 atom stereocenters. The number of nitrogens with zero attached hydrogens (tertiary/aromatic N) is 5. The molecule has 2 heterocycles. The van der Waals surface area contributed by atoms with Crippen LogP contribution in [0.3, 0.4) is 0 Å². The topological polar surface area (TPSA) is 121 Å². The van der Waals surface area contributed by atoms with Crippen molar-refractivity contribution in [1.29, 1.82) is 5.26 Å². The van der Waals surface area contributed by atoms with E-state index >= 15 is 0 Å². The largest absolute Gasteiger partial charge is 0.493 e. The molecule has 0 saturated carbocycles. The summed E-state index contributed by atoms with van der Waals surface area (Å²) in [5, 5.41) is 16.7. The van der Waals surface area contributed by atoms with Gasteiger partial charge in [0.2, 0.25) is 10.0 Å². The summed E-state index contributed by atoms with van der Waals surface area (Å²) < 4.78 is 34.9. The molecule has 1 saturated heterocycles. The Labute approximate surface area is 194 Å². The second-order valence-electron chi connectivity index (χ2n) is 7.91. The minimum absolute atomic E-state index is 0.0288. The number of piperazine rings is 1. The van der Waals surface area contributed by atoms with Crippen LogP contribution in [0.15, 0.2) is 23.1 Å². The molecule has 1 fully saturated rings. The lowest BCUT2D eigenvalue weighted by atomic mass is 10.1. The highest BCUT2D eigenvalue weighted by Crippen LogP contribution is 2.28. The van der Waals surface area contributed by atoms with Crippen LogP contribution in [0.5, 0.6) is 5.75 Å². The number of benzene rings is 1. The van der Waals surface area contributed by atoms with E-state index in [9.17, 15) is 18.5 Å². The first kappa shape index (κ1) is 24.7. The molecule has 3 rings (SSSR count). The first-order chi connectivity index (χ1) is 15.7. The Hall–Kier alpha value is -2.94. The van der Waals surface area contributed by atoms with E-state index in [4.69, 9.17) is 4.74 Å². The maximum absolute atomic E-state index is 13.3. The molecule has 1 aromatic heterocycles. The summed E-state index contributed by atoms with van der Waals surface area (Å²) in [6.07, 6.45) is 1.37. The molecule has 1 N–H and O–H groups in total. The number of aromatic nitrogens is 2. The van der Waals surface area contributed by atoms with Gasteiger partial charge in [-0.15, -0.1) is 0 Å². The number of hydrogen-bond acceptors (Lipinski definition) is 7. The number of amides is 1. The minimum atomic E-state index is -3.77. The SMILES string of the molecule is CCCc1nn(C)c(C#N)c1NC(=O)c1cc(S(=O)(=O)N2CCN(C)CC2)ccc1OCC. The van der Waals surface area contributed by atoms with E-state index < -0.39 is 15.9 Å². The Morgan fingerprint density at radius 3 is 2.52 bits per heavy atom. The van der Waals surface area contributed by atoms with Crippen molar-refractivity contribution in [2.75, 3.05) is 45.2 Å². The fraction of sp³-hybridized carbons (Fsp3) is 0.500. The molecule has 1 aliphatic heterocycles. The summed E-state index contributed by atoms with van der Waals surface area (Å²) in [6.45, 7) is 6.12. The van der Waals surface area contributed by atoms with Gasteiger partial charge in [0, 0.05) is 33.2 Å². The van der Waals surface area contributed by atoms with Crippen molar-refractivity contribution >= 4 is 21.6 Å². The number of nitriles is 1. The summed E-state index contributed by atoms with van der Waals surface area (Å²) >= 11 is 0. The van der Waals surface area contributed by atoms with Gasteiger partial charge in [-0.25, -0.2) is 8.42 Å². The molecule has 11 heteroatoms. The van der Waals surface area contributed by atoms with Crippen molar-refractivity contribution < 1.29 is 17.9 Å². The van der Waals surface area contributed by atoms with Gasteiger partial charge in [0.15, 0.2) is 5.69 Å². The standard InChI is InChI=1S/C22H30N6O4S/c1-5-7-18-21(19(15-23)27(4)25-18)24-22(29)17-14-16(8-9-20(17)32-6-2)33(30,31)28-12-10-26(3)11-13-28/h8-9,14H,5-7,10-13H2,1-4H3,(H,24,29). The molecular formula is C22H30N6O4S. The van der Waals surface area contributed by atoms with Gasteiger partial charge in [0.25, 0.3) is 5.91 Å². The Kier molecular flexibility index (Phi) is 7.73. The zero-order valence-corrected chi connectivity index (χ0v) is 20.3. The number of rotatable bonds is 8. The first-order valence-electron chi connectivity index (χ1n) is 11.0. The Balaban J connectivity index is 1.98. The molecule has 0 bridgehead atoms. The van der Waals surface area contributed by atoms with Crippen molar-refractivity contribution in [2.45, 2.75) is 31.6 Å². The Morgan fingerprint density at radius 2 is 1.91 bits per heavy atom. The fourth-order valence-corrected chi connectivity index (χ4v) is 5.19. The highest BCUT2D eigenvalue weighted by atomic mass is 32.2. The number of ether oxygens (including phenoxy) is 1. The molecule has 0 radical (unpaired) electrons. The third-order valence-electron chi connectivity index (χ3n) is 5.55. The van der Waals surface area contributed by atoms with Crippen LogP contribution in [0.4, 0.5) is 5.69 Å². The van der Waals surface area contributed by atoms with E-state index in [2.05, 4.69) is 21.4 Å². The summed E-state index contributed by atoms with van der Waals surface area (Å²) in [5.41, 5.74) is 1.25. The maximum Gasteiger partial charge on any atom is 0.259 e. The molecule has 0 spiro atoms. The zero-order valence-electron chi connectivity index (χ0n) is 19.5. The number of carbonyl (C=O) groups excluding carboxylic acids is 1. The van der Waals surface area contributed by atoms with E-state index in [1.165, 1.54) is 27.2 Å². The lowest BCUT2D eigenvalue weighted by Gasteiger charge is -2.31. The monoisotopic (exact) mass is 474 g/mol. The lowest BCUT2D eigenvalue weighted by Crippen LogP contribution is -2.47. The third kappa shape index (κ3) is 5.19. The zero-order chi connectivity index (χ0) is 24.2. The van der Waals surface area contributed by atoms with Crippen LogP contribution in [-0.2, 0) is 23.5 Å². The average Bonchev–Trinajstić information content (AvgIpc) is 3.08. The molecule has 33 heavy (non-hydrogen) atoms. The number of likely N-dealkylation sites (N-methyl/N-ethyl adjacent to an activating group) is 1. The number of aryl methyl sites for hydroxylation is 2. The van der Waals surface area contributed by atoms with Gasteiger partial charge in [-0.3, -0.25) is 9.48 Å². The highest BCUT2D eigenvalue weighted by Gasteiger charge is 2.29. The van der Waals surface area contributed by atoms with E-state index in [0.29, 0.717) is 50.6 Å². The van der Waals surface area contributed by atoms with Gasteiger partial charge in [-0.1, -0.05) is 13.3 Å². The van der Waals surface area contributed by atoms with Crippen molar-refractivity contribution in [1.82, 2.24) is 19.0 Å². The van der Waals surface area contributed by atoms with Crippen LogP contribution in [0.25, 0.3) is 0 Å². The Bertz CT molecular complexity index is 1160. The summed E-state index contributed by atoms with van der Waals surface area (Å²) in [5.74, 6) is -0.289. The quantitative estimate of drug-likeness (QED) is 0.620. The molecule has 0 aliphatic carbocycles.